The number of benzene rings is 1. The van der Waals surface area contributed by atoms with Crippen molar-refractivity contribution in [3.63, 3.8) is 0 Å². The van der Waals surface area contributed by atoms with E-state index in [0.717, 1.165) is 36.6 Å². The Morgan fingerprint density at radius 3 is 2.71 bits per heavy atom. The summed E-state index contributed by atoms with van der Waals surface area (Å²) < 4.78 is 5.21. The summed E-state index contributed by atoms with van der Waals surface area (Å²) in [5, 5.41) is 3.40. The van der Waals surface area contributed by atoms with Crippen LogP contribution in [0.2, 0.25) is 0 Å². The summed E-state index contributed by atoms with van der Waals surface area (Å²) in [6.45, 7) is 7.19. The van der Waals surface area contributed by atoms with E-state index in [9.17, 15) is 0 Å². The van der Waals surface area contributed by atoms with Crippen LogP contribution in [0.3, 0.4) is 0 Å². The van der Waals surface area contributed by atoms with Crippen molar-refractivity contribution >= 4 is 11.4 Å². The fraction of sp³-hybridized carbons (Fsp3) is 0.538. The number of aryl methyl sites for hydroxylation is 1. The van der Waals surface area contributed by atoms with Crippen LogP contribution in [0.1, 0.15) is 12.5 Å². The smallest absolute Gasteiger partial charge is 0.143 e. The van der Waals surface area contributed by atoms with Crippen molar-refractivity contribution in [1.82, 2.24) is 4.90 Å². The van der Waals surface area contributed by atoms with Crippen molar-refractivity contribution in [3.8, 4) is 5.75 Å². The average molecular weight is 237 g/mol. The van der Waals surface area contributed by atoms with E-state index in [2.05, 4.69) is 24.2 Å². The maximum absolute atomic E-state index is 5.84. The summed E-state index contributed by atoms with van der Waals surface area (Å²) >= 11 is 0. The van der Waals surface area contributed by atoms with Crippen molar-refractivity contribution in [2.75, 3.05) is 44.8 Å². The zero-order valence-electron chi connectivity index (χ0n) is 11.2. The first kappa shape index (κ1) is 13.6. The molecule has 0 fully saturated rings. The molecule has 0 saturated carbocycles. The first-order valence-electron chi connectivity index (χ1n) is 5.95. The highest BCUT2D eigenvalue weighted by molar-refractivity contribution is 5.65. The number of nitrogen functional groups attached to an aromatic ring is 1. The van der Waals surface area contributed by atoms with Crippen LogP contribution in [0.15, 0.2) is 12.1 Å². The molecule has 0 spiro atoms. The van der Waals surface area contributed by atoms with Crippen LogP contribution in [0, 0.1) is 6.92 Å². The predicted molar refractivity (Wildman–Crippen MR) is 73.8 cm³/mol. The Morgan fingerprint density at radius 1 is 1.41 bits per heavy atom. The molecule has 0 unspecified atom stereocenters. The van der Waals surface area contributed by atoms with Crippen LogP contribution in [0.25, 0.3) is 0 Å². The summed E-state index contributed by atoms with van der Waals surface area (Å²) in [6.07, 6.45) is 0. The molecule has 0 aliphatic carbocycles. The fourth-order valence-corrected chi connectivity index (χ4v) is 1.62. The molecular formula is C13H23N3O. The van der Waals surface area contributed by atoms with Crippen LogP contribution in [0.4, 0.5) is 11.4 Å². The van der Waals surface area contributed by atoms with Crippen molar-refractivity contribution in [2.24, 2.45) is 0 Å². The topological polar surface area (TPSA) is 50.5 Å². The van der Waals surface area contributed by atoms with E-state index in [4.69, 9.17) is 10.5 Å². The Labute approximate surface area is 104 Å². The van der Waals surface area contributed by atoms with Gasteiger partial charge in [-0.25, -0.2) is 0 Å². The molecule has 0 radical (unpaired) electrons. The highest BCUT2D eigenvalue weighted by atomic mass is 16.5. The number of hydrogen-bond acceptors (Lipinski definition) is 4. The second kappa shape index (κ2) is 6.35. The zero-order chi connectivity index (χ0) is 12.8. The Kier molecular flexibility index (Phi) is 5.10. The van der Waals surface area contributed by atoms with Crippen molar-refractivity contribution in [3.05, 3.63) is 17.7 Å². The molecule has 0 amide bonds. The van der Waals surface area contributed by atoms with Gasteiger partial charge < -0.3 is 20.7 Å². The first-order chi connectivity index (χ1) is 8.08. The van der Waals surface area contributed by atoms with Crippen LogP contribution in [-0.2, 0) is 0 Å². The second-order valence-corrected chi connectivity index (χ2v) is 4.23. The van der Waals surface area contributed by atoms with Gasteiger partial charge in [-0.2, -0.15) is 0 Å². The number of nitrogens with two attached hydrogens (primary N) is 1. The fourth-order valence-electron chi connectivity index (χ4n) is 1.62. The number of anilines is 2. The van der Waals surface area contributed by atoms with Gasteiger partial charge in [-0.1, -0.05) is 6.92 Å². The molecule has 0 atom stereocenters. The van der Waals surface area contributed by atoms with Gasteiger partial charge in [0.2, 0.25) is 0 Å². The van der Waals surface area contributed by atoms with Crippen LogP contribution >= 0.6 is 0 Å². The molecule has 0 aromatic heterocycles. The lowest BCUT2D eigenvalue weighted by molar-refractivity contribution is 0.367. The van der Waals surface area contributed by atoms with Gasteiger partial charge in [0.1, 0.15) is 5.75 Å². The first-order valence-corrected chi connectivity index (χ1v) is 5.95. The van der Waals surface area contributed by atoms with Gasteiger partial charge in [0.25, 0.3) is 0 Å². The quantitative estimate of drug-likeness (QED) is 0.743. The third kappa shape index (κ3) is 3.82. The SMILES string of the molecule is CCN(C)CCNc1cc(OC)c(N)cc1C. The lowest BCUT2D eigenvalue weighted by Gasteiger charge is -2.17. The van der Waals surface area contributed by atoms with E-state index in [1.165, 1.54) is 0 Å². The molecule has 0 saturated heterocycles. The molecular weight excluding hydrogens is 214 g/mol. The van der Waals surface area contributed by atoms with Gasteiger partial charge in [-0.05, 0) is 32.1 Å². The third-order valence-electron chi connectivity index (χ3n) is 2.93. The molecule has 17 heavy (non-hydrogen) atoms. The van der Waals surface area contributed by atoms with Gasteiger partial charge in [0.05, 0.1) is 12.8 Å². The minimum Gasteiger partial charge on any atom is -0.495 e. The minimum atomic E-state index is 0.682. The molecule has 4 nitrogen and oxygen atoms in total. The van der Waals surface area contributed by atoms with Gasteiger partial charge in [0.15, 0.2) is 0 Å². The number of likely N-dealkylation sites (N-methyl/N-ethyl adjacent to an activating group) is 1. The van der Waals surface area contributed by atoms with Crippen molar-refractivity contribution < 1.29 is 4.74 Å². The molecule has 0 aliphatic heterocycles. The molecule has 0 aliphatic rings. The molecule has 0 bridgehead atoms. The van der Waals surface area contributed by atoms with Gasteiger partial charge in [-0.3, -0.25) is 0 Å². The summed E-state index contributed by atoms with van der Waals surface area (Å²) in [5.74, 6) is 0.724. The normalized spacial score (nSPS) is 10.6. The Balaban J connectivity index is 2.64. The molecule has 4 heteroatoms. The Bertz CT molecular complexity index is 366. The molecule has 1 rings (SSSR count). The average Bonchev–Trinajstić information content (AvgIpc) is 2.31. The number of ether oxygens (including phenoxy) is 1. The van der Waals surface area contributed by atoms with Crippen LogP contribution in [-0.4, -0.2) is 38.7 Å². The number of nitrogens with zero attached hydrogens (tertiary/aromatic N) is 1. The van der Waals surface area contributed by atoms with Gasteiger partial charge >= 0.3 is 0 Å². The highest BCUT2D eigenvalue weighted by Gasteiger charge is 2.05. The highest BCUT2D eigenvalue weighted by Crippen LogP contribution is 2.28. The van der Waals surface area contributed by atoms with E-state index in [1.807, 2.05) is 19.1 Å². The van der Waals surface area contributed by atoms with Gasteiger partial charge in [0, 0.05) is 24.8 Å². The van der Waals surface area contributed by atoms with E-state index in [-0.39, 0.29) is 0 Å². The summed E-state index contributed by atoms with van der Waals surface area (Å²) in [4.78, 5) is 2.26. The van der Waals surface area contributed by atoms with Crippen molar-refractivity contribution in [2.45, 2.75) is 13.8 Å². The molecule has 1 aromatic rings. The number of nitrogens with one attached hydrogen (secondary N) is 1. The third-order valence-corrected chi connectivity index (χ3v) is 2.93. The standard InChI is InChI=1S/C13H23N3O/c1-5-16(3)7-6-15-12-9-13(17-4)11(14)8-10(12)2/h8-9,15H,5-7,14H2,1-4H3. The van der Waals surface area contributed by atoms with Crippen molar-refractivity contribution in [1.29, 1.82) is 0 Å². The minimum absolute atomic E-state index is 0.682. The lowest BCUT2D eigenvalue weighted by atomic mass is 10.1. The maximum atomic E-state index is 5.84. The Morgan fingerprint density at radius 2 is 2.12 bits per heavy atom. The summed E-state index contributed by atoms with van der Waals surface area (Å²) in [7, 11) is 3.74. The van der Waals surface area contributed by atoms with Crippen LogP contribution < -0.4 is 15.8 Å². The largest absolute Gasteiger partial charge is 0.495 e. The van der Waals surface area contributed by atoms with E-state index < -0.39 is 0 Å². The maximum Gasteiger partial charge on any atom is 0.143 e. The van der Waals surface area contributed by atoms with E-state index in [0.29, 0.717) is 5.69 Å². The zero-order valence-corrected chi connectivity index (χ0v) is 11.2. The summed E-state index contributed by atoms with van der Waals surface area (Å²) in [5.41, 5.74) is 8.74. The number of methoxy groups -OCH3 is 1. The van der Waals surface area contributed by atoms with E-state index in [1.54, 1.807) is 7.11 Å². The molecule has 0 heterocycles. The van der Waals surface area contributed by atoms with E-state index >= 15 is 0 Å². The van der Waals surface area contributed by atoms with Crippen LogP contribution in [0.5, 0.6) is 5.75 Å². The Hall–Kier alpha value is -1.42. The predicted octanol–water partition coefficient (Wildman–Crippen LogP) is 1.95. The summed E-state index contributed by atoms with van der Waals surface area (Å²) in [6, 6.07) is 3.89. The number of rotatable bonds is 6. The molecule has 3 N–H and O–H groups in total. The molecule has 96 valence electrons. The monoisotopic (exact) mass is 237 g/mol. The number of hydrogen-bond donors (Lipinski definition) is 2. The van der Waals surface area contributed by atoms with Gasteiger partial charge in [-0.15, -0.1) is 0 Å². The second-order valence-electron chi connectivity index (χ2n) is 4.23. The lowest BCUT2D eigenvalue weighted by Crippen LogP contribution is -2.24. The molecule has 1 aromatic carbocycles.